The molecule has 1 aliphatic rings. The van der Waals surface area contributed by atoms with Gasteiger partial charge in [0.05, 0.1) is 6.20 Å². The Morgan fingerprint density at radius 3 is 2.88 bits per heavy atom. The summed E-state index contributed by atoms with van der Waals surface area (Å²) in [7, 11) is 0. The number of thioether (sulfide) groups is 1. The summed E-state index contributed by atoms with van der Waals surface area (Å²) in [6, 6.07) is 0. The molecule has 1 aromatic rings. The molecule has 1 fully saturated rings. The van der Waals surface area contributed by atoms with Crippen molar-refractivity contribution < 1.29 is 19.2 Å². The summed E-state index contributed by atoms with van der Waals surface area (Å²) in [6.45, 7) is 1.68. The zero-order chi connectivity index (χ0) is 12.5. The van der Waals surface area contributed by atoms with Gasteiger partial charge in [0.15, 0.2) is 0 Å². The number of carbonyl (C=O) groups is 2. The van der Waals surface area contributed by atoms with E-state index >= 15 is 0 Å². The van der Waals surface area contributed by atoms with Crippen molar-refractivity contribution in [3.05, 3.63) is 17.5 Å². The molecule has 92 valence electrons. The average Bonchev–Trinajstić information content (AvgIpc) is 2.87. The molecule has 7 heteroatoms. The number of carboxylic acid groups (broad SMARTS) is 1. The van der Waals surface area contributed by atoms with Crippen LogP contribution in [0, 0.1) is 6.92 Å². The predicted octanol–water partition coefficient (Wildman–Crippen LogP) is 0.673. The SMILES string of the molecule is Cc1cnoc1C(=O)NC1(C(=O)O)CCSC1. The normalized spacial score (nSPS) is 23.6. The van der Waals surface area contributed by atoms with E-state index in [4.69, 9.17) is 4.52 Å². The maximum Gasteiger partial charge on any atom is 0.330 e. The first-order valence-corrected chi connectivity index (χ1v) is 6.25. The van der Waals surface area contributed by atoms with Crippen LogP contribution in [0.4, 0.5) is 0 Å². The lowest BCUT2D eigenvalue weighted by atomic mass is 9.99. The van der Waals surface area contributed by atoms with Gasteiger partial charge in [-0.05, 0) is 19.1 Å². The monoisotopic (exact) mass is 256 g/mol. The predicted molar refractivity (Wildman–Crippen MR) is 61.0 cm³/mol. The van der Waals surface area contributed by atoms with E-state index in [9.17, 15) is 14.7 Å². The molecule has 0 spiro atoms. The molecular weight excluding hydrogens is 244 g/mol. The minimum atomic E-state index is -1.18. The van der Waals surface area contributed by atoms with Crippen LogP contribution in [0.25, 0.3) is 0 Å². The fraction of sp³-hybridized carbons (Fsp3) is 0.500. The van der Waals surface area contributed by atoms with Crippen molar-refractivity contribution in [2.45, 2.75) is 18.9 Å². The van der Waals surface area contributed by atoms with Crippen molar-refractivity contribution in [1.29, 1.82) is 0 Å². The molecule has 1 atom stereocenters. The van der Waals surface area contributed by atoms with Gasteiger partial charge in [-0.2, -0.15) is 11.8 Å². The molecule has 0 aromatic carbocycles. The Hall–Kier alpha value is -1.50. The average molecular weight is 256 g/mol. The highest BCUT2D eigenvalue weighted by molar-refractivity contribution is 7.99. The number of hydrogen-bond donors (Lipinski definition) is 2. The first-order valence-electron chi connectivity index (χ1n) is 5.10. The molecule has 17 heavy (non-hydrogen) atoms. The number of aliphatic carboxylic acids is 1. The standard InChI is InChI=1S/C10H12N2O4S/c1-6-4-11-16-7(6)8(13)12-10(9(14)15)2-3-17-5-10/h4H,2-3,5H2,1H3,(H,12,13)(H,14,15). The Morgan fingerprint density at radius 2 is 2.41 bits per heavy atom. The van der Waals surface area contributed by atoms with Crippen molar-refractivity contribution >= 4 is 23.6 Å². The number of aryl methyl sites for hydroxylation is 1. The van der Waals surface area contributed by atoms with E-state index in [-0.39, 0.29) is 5.76 Å². The fourth-order valence-corrected chi connectivity index (χ4v) is 2.99. The third kappa shape index (κ3) is 2.14. The van der Waals surface area contributed by atoms with Gasteiger partial charge in [-0.25, -0.2) is 4.79 Å². The van der Waals surface area contributed by atoms with Crippen LogP contribution in [0.1, 0.15) is 22.5 Å². The van der Waals surface area contributed by atoms with Crippen LogP contribution in [-0.2, 0) is 4.79 Å². The minimum absolute atomic E-state index is 0.0718. The van der Waals surface area contributed by atoms with Gasteiger partial charge in [0.1, 0.15) is 5.54 Å². The van der Waals surface area contributed by atoms with E-state index in [0.29, 0.717) is 17.7 Å². The summed E-state index contributed by atoms with van der Waals surface area (Å²) in [4.78, 5) is 23.1. The second-order valence-corrected chi connectivity index (χ2v) is 5.09. The fourth-order valence-electron chi connectivity index (χ4n) is 1.67. The molecule has 0 radical (unpaired) electrons. The van der Waals surface area contributed by atoms with Crippen molar-refractivity contribution in [3.63, 3.8) is 0 Å². The Morgan fingerprint density at radius 1 is 1.65 bits per heavy atom. The third-order valence-electron chi connectivity index (χ3n) is 2.74. The highest BCUT2D eigenvalue weighted by atomic mass is 32.2. The first-order chi connectivity index (χ1) is 8.05. The van der Waals surface area contributed by atoms with Gasteiger partial charge in [-0.1, -0.05) is 5.16 Å². The summed E-state index contributed by atoms with van der Waals surface area (Å²) >= 11 is 1.51. The van der Waals surface area contributed by atoms with Crippen molar-refractivity contribution in [2.24, 2.45) is 0 Å². The lowest BCUT2D eigenvalue weighted by molar-refractivity contribution is -0.143. The van der Waals surface area contributed by atoms with E-state index in [1.54, 1.807) is 6.92 Å². The Labute approximate surface area is 102 Å². The quantitative estimate of drug-likeness (QED) is 0.826. The number of carbonyl (C=O) groups excluding carboxylic acids is 1. The smallest absolute Gasteiger partial charge is 0.330 e. The number of nitrogens with zero attached hydrogens (tertiary/aromatic N) is 1. The lowest BCUT2D eigenvalue weighted by Gasteiger charge is -2.23. The van der Waals surface area contributed by atoms with Gasteiger partial charge in [0, 0.05) is 11.3 Å². The van der Waals surface area contributed by atoms with E-state index < -0.39 is 17.4 Å². The summed E-state index contributed by atoms with van der Waals surface area (Å²) in [5, 5.41) is 15.2. The molecule has 0 bridgehead atoms. The molecule has 1 saturated heterocycles. The molecule has 1 unspecified atom stereocenters. The maximum absolute atomic E-state index is 11.9. The zero-order valence-electron chi connectivity index (χ0n) is 9.23. The topological polar surface area (TPSA) is 92.4 Å². The van der Waals surface area contributed by atoms with Gasteiger partial charge < -0.3 is 14.9 Å². The van der Waals surface area contributed by atoms with Gasteiger partial charge in [0.2, 0.25) is 5.76 Å². The van der Waals surface area contributed by atoms with Crippen molar-refractivity contribution in [2.75, 3.05) is 11.5 Å². The van der Waals surface area contributed by atoms with Gasteiger partial charge in [0.25, 0.3) is 5.91 Å². The molecule has 2 heterocycles. The van der Waals surface area contributed by atoms with Crippen LogP contribution in [0.15, 0.2) is 10.7 Å². The van der Waals surface area contributed by atoms with Gasteiger partial charge in [-0.3, -0.25) is 4.79 Å². The van der Waals surface area contributed by atoms with E-state index in [1.165, 1.54) is 18.0 Å². The molecule has 1 amide bonds. The van der Waals surface area contributed by atoms with Crippen LogP contribution in [0.2, 0.25) is 0 Å². The van der Waals surface area contributed by atoms with E-state index in [2.05, 4.69) is 10.5 Å². The molecule has 6 nitrogen and oxygen atoms in total. The van der Waals surface area contributed by atoms with Crippen molar-refractivity contribution in [1.82, 2.24) is 10.5 Å². The summed E-state index contributed by atoms with van der Waals surface area (Å²) in [6.07, 6.45) is 1.84. The van der Waals surface area contributed by atoms with Crippen LogP contribution in [0.5, 0.6) is 0 Å². The van der Waals surface area contributed by atoms with Gasteiger partial charge in [-0.15, -0.1) is 0 Å². The molecule has 2 N–H and O–H groups in total. The zero-order valence-corrected chi connectivity index (χ0v) is 10.0. The molecular formula is C10H12N2O4S. The Kier molecular flexibility index (Phi) is 3.10. The molecule has 2 rings (SSSR count). The number of carboxylic acids is 1. The minimum Gasteiger partial charge on any atom is -0.479 e. The van der Waals surface area contributed by atoms with Gasteiger partial charge >= 0.3 is 5.97 Å². The van der Waals surface area contributed by atoms with E-state index in [0.717, 1.165) is 5.75 Å². The third-order valence-corrected chi connectivity index (χ3v) is 3.93. The molecule has 0 saturated carbocycles. The molecule has 0 aliphatic carbocycles. The second-order valence-electron chi connectivity index (χ2n) is 3.98. The number of aromatic nitrogens is 1. The van der Waals surface area contributed by atoms with E-state index in [1.807, 2.05) is 0 Å². The van der Waals surface area contributed by atoms with Crippen LogP contribution >= 0.6 is 11.8 Å². The Bertz CT molecular complexity index is 451. The molecule has 1 aromatic heterocycles. The van der Waals surface area contributed by atoms with Crippen molar-refractivity contribution in [3.8, 4) is 0 Å². The highest BCUT2D eigenvalue weighted by Gasteiger charge is 2.44. The summed E-state index contributed by atoms with van der Waals surface area (Å²) in [5.74, 6) is -0.358. The number of amides is 1. The second kappa shape index (κ2) is 4.40. The number of hydrogen-bond acceptors (Lipinski definition) is 5. The largest absolute Gasteiger partial charge is 0.479 e. The first kappa shape index (κ1) is 12.0. The lowest BCUT2D eigenvalue weighted by Crippen LogP contribution is -2.54. The van der Waals surface area contributed by atoms with Crippen LogP contribution in [-0.4, -0.2) is 39.2 Å². The Balaban J connectivity index is 2.17. The maximum atomic E-state index is 11.9. The van der Waals surface area contributed by atoms with Crippen LogP contribution in [0.3, 0.4) is 0 Å². The van der Waals surface area contributed by atoms with Crippen LogP contribution < -0.4 is 5.32 Å². The summed E-state index contributed by atoms with van der Waals surface area (Å²) in [5.41, 5.74) is -0.588. The highest BCUT2D eigenvalue weighted by Crippen LogP contribution is 2.28. The number of nitrogens with one attached hydrogen (secondary N) is 1. The molecule has 1 aliphatic heterocycles. The summed E-state index contributed by atoms with van der Waals surface area (Å²) < 4.78 is 4.80. The number of rotatable bonds is 3.